The molecule has 1 unspecified atom stereocenters. The van der Waals surface area contributed by atoms with Gasteiger partial charge in [0.25, 0.3) is 0 Å². The van der Waals surface area contributed by atoms with Crippen LogP contribution in [0.15, 0.2) is 0 Å². The van der Waals surface area contributed by atoms with Gasteiger partial charge >= 0.3 is 0 Å². The van der Waals surface area contributed by atoms with Crippen LogP contribution in [-0.2, 0) is 9.59 Å². The molecule has 3 aliphatic rings. The molecule has 2 amide bonds. The second-order valence-corrected chi connectivity index (χ2v) is 8.27. The number of carbonyl (C=O) groups excluding carboxylic acids is 2. The molecule has 0 radical (unpaired) electrons. The Morgan fingerprint density at radius 2 is 1.62 bits per heavy atom. The third-order valence-electron chi connectivity index (χ3n) is 6.37. The van der Waals surface area contributed by atoms with Crippen molar-refractivity contribution in [3.8, 4) is 0 Å². The van der Waals surface area contributed by atoms with E-state index >= 15 is 0 Å². The van der Waals surface area contributed by atoms with Gasteiger partial charge in [0.15, 0.2) is 0 Å². The molecule has 2 saturated heterocycles. The molecule has 1 saturated carbocycles. The highest BCUT2D eigenvalue weighted by Gasteiger charge is 2.40. The monoisotopic (exact) mass is 335 g/mol. The Kier molecular flexibility index (Phi) is 5.48. The third kappa shape index (κ3) is 3.76. The summed E-state index contributed by atoms with van der Waals surface area (Å²) in [6.45, 7) is 8.94. The predicted molar refractivity (Wildman–Crippen MR) is 94.6 cm³/mol. The molecule has 0 bridgehead atoms. The smallest absolute Gasteiger partial charge is 0.236 e. The van der Waals surface area contributed by atoms with Crippen LogP contribution in [0.25, 0.3) is 0 Å². The molecular weight excluding hydrogens is 302 g/mol. The highest BCUT2D eigenvalue weighted by Crippen LogP contribution is 2.39. The molecule has 24 heavy (non-hydrogen) atoms. The van der Waals surface area contributed by atoms with Crippen LogP contribution in [0.4, 0.5) is 0 Å². The topological polar surface area (TPSA) is 43.9 Å². The first kappa shape index (κ1) is 17.7. The fraction of sp³-hybridized carbons (Fsp3) is 0.895. The molecule has 0 spiro atoms. The van der Waals surface area contributed by atoms with Crippen LogP contribution in [0.5, 0.6) is 0 Å². The first-order valence-corrected chi connectivity index (χ1v) is 9.81. The number of piperazine rings is 1. The molecule has 2 heterocycles. The zero-order chi connectivity index (χ0) is 17.2. The van der Waals surface area contributed by atoms with Gasteiger partial charge in [-0.15, -0.1) is 0 Å². The van der Waals surface area contributed by atoms with Gasteiger partial charge in [-0.3, -0.25) is 14.5 Å². The molecule has 2 aliphatic heterocycles. The summed E-state index contributed by atoms with van der Waals surface area (Å²) >= 11 is 0. The van der Waals surface area contributed by atoms with Crippen molar-refractivity contribution in [3.05, 3.63) is 0 Å². The second-order valence-electron chi connectivity index (χ2n) is 8.27. The lowest BCUT2D eigenvalue weighted by atomic mass is 9.87. The number of likely N-dealkylation sites (tertiary alicyclic amines) is 1. The second kappa shape index (κ2) is 7.42. The van der Waals surface area contributed by atoms with E-state index in [1.54, 1.807) is 0 Å². The number of piperidine rings is 1. The molecule has 5 nitrogen and oxygen atoms in total. The van der Waals surface area contributed by atoms with E-state index in [9.17, 15) is 9.59 Å². The molecular formula is C19H33N3O2. The van der Waals surface area contributed by atoms with Crippen LogP contribution in [0, 0.1) is 5.41 Å². The van der Waals surface area contributed by atoms with Crippen molar-refractivity contribution >= 4 is 11.8 Å². The van der Waals surface area contributed by atoms with Gasteiger partial charge in [-0.05, 0) is 39.0 Å². The van der Waals surface area contributed by atoms with E-state index in [0.29, 0.717) is 18.5 Å². The third-order valence-corrected chi connectivity index (χ3v) is 6.37. The number of hydrogen-bond donors (Lipinski definition) is 0. The average molecular weight is 335 g/mol. The van der Waals surface area contributed by atoms with Gasteiger partial charge in [-0.1, -0.05) is 19.8 Å². The molecule has 0 aromatic rings. The van der Waals surface area contributed by atoms with Crippen LogP contribution in [-0.4, -0.2) is 71.8 Å². The van der Waals surface area contributed by atoms with Crippen molar-refractivity contribution in [3.63, 3.8) is 0 Å². The molecule has 1 aliphatic carbocycles. The van der Waals surface area contributed by atoms with Crippen molar-refractivity contribution in [1.29, 1.82) is 0 Å². The number of carbonyl (C=O) groups is 2. The molecule has 0 N–H and O–H groups in total. The lowest BCUT2D eigenvalue weighted by Crippen LogP contribution is -2.55. The van der Waals surface area contributed by atoms with Gasteiger partial charge in [0.05, 0.1) is 6.54 Å². The minimum Gasteiger partial charge on any atom is -0.340 e. The SMILES string of the molecule is CC1CCCCN1C(=O)CN1CCN(C(=O)C2(C)CCCC2)CC1. The fourth-order valence-electron chi connectivity index (χ4n) is 4.61. The van der Waals surface area contributed by atoms with Gasteiger partial charge in [0.1, 0.15) is 0 Å². The van der Waals surface area contributed by atoms with Crippen LogP contribution in [0.1, 0.15) is 58.8 Å². The molecule has 3 rings (SSSR count). The summed E-state index contributed by atoms with van der Waals surface area (Å²) in [4.78, 5) is 31.6. The van der Waals surface area contributed by atoms with E-state index in [2.05, 4.69) is 23.6 Å². The number of amides is 2. The molecule has 1 atom stereocenters. The summed E-state index contributed by atoms with van der Waals surface area (Å²) in [6, 6.07) is 0.386. The van der Waals surface area contributed by atoms with Crippen molar-refractivity contribution in [2.75, 3.05) is 39.3 Å². The summed E-state index contributed by atoms with van der Waals surface area (Å²) in [5, 5.41) is 0. The summed E-state index contributed by atoms with van der Waals surface area (Å²) in [6.07, 6.45) is 7.96. The minimum atomic E-state index is -0.124. The average Bonchev–Trinajstić information content (AvgIpc) is 3.03. The Morgan fingerprint density at radius 1 is 0.958 bits per heavy atom. The van der Waals surface area contributed by atoms with Gasteiger partial charge in [-0.2, -0.15) is 0 Å². The quantitative estimate of drug-likeness (QED) is 0.793. The largest absolute Gasteiger partial charge is 0.340 e. The molecule has 0 aromatic heterocycles. The molecule has 0 aromatic carbocycles. The van der Waals surface area contributed by atoms with Crippen molar-refractivity contribution in [2.45, 2.75) is 64.8 Å². The van der Waals surface area contributed by atoms with Crippen LogP contribution >= 0.6 is 0 Å². The van der Waals surface area contributed by atoms with Crippen LogP contribution in [0.2, 0.25) is 0 Å². The first-order valence-electron chi connectivity index (χ1n) is 9.81. The summed E-state index contributed by atoms with van der Waals surface area (Å²) in [5.74, 6) is 0.611. The van der Waals surface area contributed by atoms with Gasteiger partial charge in [0.2, 0.25) is 11.8 Å². The molecule has 3 fully saturated rings. The maximum Gasteiger partial charge on any atom is 0.236 e. The van der Waals surface area contributed by atoms with E-state index in [4.69, 9.17) is 0 Å². The van der Waals surface area contributed by atoms with Crippen LogP contribution < -0.4 is 0 Å². The van der Waals surface area contributed by atoms with E-state index in [1.807, 2.05) is 4.90 Å². The Morgan fingerprint density at radius 3 is 2.25 bits per heavy atom. The minimum absolute atomic E-state index is 0.124. The Balaban J connectivity index is 1.46. The Labute approximate surface area is 146 Å². The summed E-state index contributed by atoms with van der Waals surface area (Å²) in [5.41, 5.74) is -0.124. The van der Waals surface area contributed by atoms with Crippen molar-refractivity contribution in [2.24, 2.45) is 5.41 Å². The van der Waals surface area contributed by atoms with Crippen molar-refractivity contribution in [1.82, 2.24) is 14.7 Å². The lowest BCUT2D eigenvalue weighted by Gasteiger charge is -2.40. The lowest BCUT2D eigenvalue weighted by molar-refractivity contribution is -0.143. The van der Waals surface area contributed by atoms with E-state index in [-0.39, 0.29) is 11.3 Å². The highest BCUT2D eigenvalue weighted by atomic mass is 16.2. The summed E-state index contributed by atoms with van der Waals surface area (Å²) in [7, 11) is 0. The highest BCUT2D eigenvalue weighted by molar-refractivity contribution is 5.83. The zero-order valence-corrected chi connectivity index (χ0v) is 15.4. The summed E-state index contributed by atoms with van der Waals surface area (Å²) < 4.78 is 0. The predicted octanol–water partition coefficient (Wildman–Crippen LogP) is 2.11. The maximum absolute atomic E-state index is 12.8. The van der Waals surface area contributed by atoms with Crippen LogP contribution in [0.3, 0.4) is 0 Å². The zero-order valence-electron chi connectivity index (χ0n) is 15.4. The van der Waals surface area contributed by atoms with Crippen molar-refractivity contribution < 1.29 is 9.59 Å². The maximum atomic E-state index is 12.8. The fourth-order valence-corrected chi connectivity index (χ4v) is 4.61. The Bertz CT molecular complexity index is 465. The standard InChI is InChI=1S/C19H33N3O2/c1-16-7-3-6-10-22(16)17(23)15-20-11-13-21(14-12-20)18(24)19(2)8-4-5-9-19/h16H,3-15H2,1-2H3. The van der Waals surface area contributed by atoms with Gasteiger partial charge < -0.3 is 9.80 Å². The first-order chi connectivity index (χ1) is 11.5. The number of nitrogens with zero attached hydrogens (tertiary/aromatic N) is 3. The molecule has 136 valence electrons. The Hall–Kier alpha value is -1.10. The van der Waals surface area contributed by atoms with E-state index in [1.165, 1.54) is 19.3 Å². The van der Waals surface area contributed by atoms with Gasteiger partial charge in [0, 0.05) is 44.2 Å². The normalized spacial score (nSPS) is 28.2. The molecule has 5 heteroatoms. The number of rotatable bonds is 3. The van der Waals surface area contributed by atoms with Gasteiger partial charge in [-0.25, -0.2) is 0 Å². The van der Waals surface area contributed by atoms with E-state index in [0.717, 1.165) is 58.4 Å². The van der Waals surface area contributed by atoms with E-state index < -0.39 is 0 Å². The number of hydrogen-bond acceptors (Lipinski definition) is 3.